The van der Waals surface area contributed by atoms with Gasteiger partial charge in [0.25, 0.3) is 0 Å². The van der Waals surface area contributed by atoms with Crippen LogP contribution in [0.1, 0.15) is 35.3 Å². The minimum Gasteiger partial charge on any atom is -0.365 e. The zero-order chi connectivity index (χ0) is 16.1. The topological polar surface area (TPSA) is 64.0 Å². The highest BCUT2D eigenvalue weighted by Gasteiger charge is 2.44. The van der Waals surface area contributed by atoms with Gasteiger partial charge in [0.2, 0.25) is 0 Å². The second-order valence-electron chi connectivity index (χ2n) is 6.15. The molecular formula is C17H16ClN3O2. The summed E-state index contributed by atoms with van der Waals surface area (Å²) in [5, 5.41) is 8.49. The Morgan fingerprint density at radius 1 is 1.35 bits per heavy atom. The first-order valence-corrected chi connectivity index (χ1v) is 8.13. The van der Waals surface area contributed by atoms with Gasteiger partial charge in [0.15, 0.2) is 5.78 Å². The second-order valence-corrected chi connectivity index (χ2v) is 6.59. The van der Waals surface area contributed by atoms with Gasteiger partial charge in [-0.3, -0.25) is 9.59 Å². The van der Waals surface area contributed by atoms with E-state index in [1.54, 1.807) is 23.7 Å². The summed E-state index contributed by atoms with van der Waals surface area (Å²) < 4.78 is 1.71. The van der Waals surface area contributed by atoms with E-state index in [4.69, 9.17) is 11.6 Å². The fraction of sp³-hybridized carbons (Fsp3) is 0.353. The molecular weight excluding hydrogens is 314 g/mol. The van der Waals surface area contributed by atoms with Crippen LogP contribution in [0.25, 0.3) is 5.69 Å². The first-order valence-electron chi connectivity index (χ1n) is 7.75. The Kier molecular flexibility index (Phi) is 3.27. The van der Waals surface area contributed by atoms with Crippen molar-refractivity contribution in [2.24, 2.45) is 5.92 Å². The summed E-state index contributed by atoms with van der Waals surface area (Å²) >= 11 is 6.07. The standard InChI is InChI=1S/C17H16ClN3O2/c1-9-14-16(23)15-12(6-3-7-13(15)22)19-17(14)21(20-9)11-5-2-4-10(18)8-11/h2,4-5,8,12,15,19H,3,6-7H2,1H3/t12-,15-/m0/s1. The number of carbonyl (C=O) groups excluding carboxylic acids is 2. The number of hydrogen-bond acceptors (Lipinski definition) is 4. The largest absolute Gasteiger partial charge is 0.365 e. The number of aromatic nitrogens is 2. The monoisotopic (exact) mass is 329 g/mol. The van der Waals surface area contributed by atoms with Gasteiger partial charge in [-0.25, -0.2) is 4.68 Å². The van der Waals surface area contributed by atoms with Crippen molar-refractivity contribution in [3.8, 4) is 5.69 Å². The average molecular weight is 330 g/mol. The van der Waals surface area contributed by atoms with E-state index < -0.39 is 5.92 Å². The number of halogens is 1. The Labute approximate surface area is 138 Å². The van der Waals surface area contributed by atoms with Gasteiger partial charge in [-0.2, -0.15) is 5.10 Å². The molecule has 1 aromatic heterocycles. The maximum absolute atomic E-state index is 12.9. The Balaban J connectivity index is 1.86. The van der Waals surface area contributed by atoms with E-state index in [0.717, 1.165) is 18.5 Å². The van der Waals surface area contributed by atoms with E-state index in [9.17, 15) is 9.59 Å². The Hall–Kier alpha value is -2.14. The van der Waals surface area contributed by atoms with E-state index in [1.807, 2.05) is 12.1 Å². The number of ketones is 2. The van der Waals surface area contributed by atoms with Crippen LogP contribution >= 0.6 is 11.6 Å². The molecule has 2 heterocycles. The van der Waals surface area contributed by atoms with Gasteiger partial charge in [-0.1, -0.05) is 17.7 Å². The van der Waals surface area contributed by atoms with Crippen LogP contribution in [0.2, 0.25) is 5.02 Å². The SMILES string of the molecule is Cc1nn(-c2cccc(Cl)c2)c2c1C(=O)[C@@H]1C(=O)CCC[C@@H]1N2. The molecule has 23 heavy (non-hydrogen) atoms. The molecule has 0 saturated heterocycles. The minimum absolute atomic E-state index is 0.0410. The Morgan fingerprint density at radius 3 is 2.96 bits per heavy atom. The lowest BCUT2D eigenvalue weighted by Gasteiger charge is -2.34. The summed E-state index contributed by atoms with van der Waals surface area (Å²) in [6.45, 7) is 1.80. The molecule has 1 saturated carbocycles. The van der Waals surface area contributed by atoms with Gasteiger partial charge < -0.3 is 5.32 Å². The number of Topliss-reactive ketones (excluding diaryl/α,β-unsaturated/α-hetero) is 2. The fourth-order valence-electron chi connectivity index (χ4n) is 3.61. The first kappa shape index (κ1) is 14.5. The zero-order valence-electron chi connectivity index (χ0n) is 12.7. The molecule has 6 heteroatoms. The van der Waals surface area contributed by atoms with E-state index in [-0.39, 0.29) is 17.6 Å². The molecule has 2 aliphatic rings. The van der Waals surface area contributed by atoms with Crippen molar-refractivity contribution in [2.45, 2.75) is 32.2 Å². The van der Waals surface area contributed by atoms with Crippen LogP contribution in [0.4, 0.5) is 5.82 Å². The Bertz CT molecular complexity index is 827. The van der Waals surface area contributed by atoms with Crippen molar-refractivity contribution in [1.29, 1.82) is 0 Å². The van der Waals surface area contributed by atoms with E-state index >= 15 is 0 Å². The van der Waals surface area contributed by atoms with Crippen molar-refractivity contribution in [1.82, 2.24) is 9.78 Å². The summed E-state index contributed by atoms with van der Waals surface area (Å²) in [5.41, 5.74) is 1.96. The van der Waals surface area contributed by atoms with Crippen molar-refractivity contribution in [3.63, 3.8) is 0 Å². The van der Waals surface area contributed by atoms with Gasteiger partial charge in [0.05, 0.1) is 16.9 Å². The summed E-state index contributed by atoms with van der Waals surface area (Å²) in [4.78, 5) is 25.0. The lowest BCUT2D eigenvalue weighted by Crippen LogP contribution is -2.46. The van der Waals surface area contributed by atoms with Gasteiger partial charge in [0.1, 0.15) is 17.5 Å². The zero-order valence-corrected chi connectivity index (χ0v) is 13.4. The van der Waals surface area contributed by atoms with Crippen LogP contribution in [-0.2, 0) is 4.79 Å². The highest BCUT2D eigenvalue weighted by Crippen LogP contribution is 2.37. The number of anilines is 1. The summed E-state index contributed by atoms with van der Waals surface area (Å²) in [6, 6.07) is 7.20. The number of nitrogens with zero attached hydrogens (tertiary/aromatic N) is 2. The highest BCUT2D eigenvalue weighted by molar-refractivity contribution is 6.30. The molecule has 1 aromatic carbocycles. The van der Waals surface area contributed by atoms with Crippen LogP contribution in [0.5, 0.6) is 0 Å². The van der Waals surface area contributed by atoms with Crippen molar-refractivity contribution < 1.29 is 9.59 Å². The van der Waals surface area contributed by atoms with E-state index in [0.29, 0.717) is 28.5 Å². The number of aryl methyl sites for hydroxylation is 1. The highest BCUT2D eigenvalue weighted by atomic mass is 35.5. The van der Waals surface area contributed by atoms with Gasteiger partial charge in [-0.05, 0) is 38.0 Å². The predicted octanol–water partition coefficient (Wildman–Crippen LogP) is 3.18. The molecule has 0 spiro atoms. The maximum atomic E-state index is 12.9. The molecule has 5 nitrogen and oxygen atoms in total. The third-order valence-electron chi connectivity index (χ3n) is 4.65. The molecule has 2 aromatic rings. The van der Waals surface area contributed by atoms with Crippen LogP contribution in [0, 0.1) is 12.8 Å². The summed E-state index contributed by atoms with van der Waals surface area (Å²) in [6.07, 6.45) is 2.13. The summed E-state index contributed by atoms with van der Waals surface area (Å²) in [7, 11) is 0. The molecule has 0 amide bonds. The van der Waals surface area contributed by atoms with Crippen molar-refractivity contribution in [3.05, 3.63) is 40.5 Å². The van der Waals surface area contributed by atoms with E-state index in [1.165, 1.54) is 0 Å². The fourth-order valence-corrected chi connectivity index (χ4v) is 3.79. The van der Waals surface area contributed by atoms with Crippen molar-refractivity contribution in [2.75, 3.05) is 5.32 Å². The van der Waals surface area contributed by atoms with Crippen LogP contribution in [0.3, 0.4) is 0 Å². The summed E-state index contributed by atoms with van der Waals surface area (Å²) in [5.74, 6) is 0.0520. The number of rotatable bonds is 1. The van der Waals surface area contributed by atoms with Gasteiger partial charge >= 0.3 is 0 Å². The van der Waals surface area contributed by atoms with E-state index in [2.05, 4.69) is 10.4 Å². The molecule has 1 fully saturated rings. The number of nitrogens with one attached hydrogen (secondary N) is 1. The Morgan fingerprint density at radius 2 is 2.17 bits per heavy atom. The lowest BCUT2D eigenvalue weighted by molar-refractivity contribution is -0.123. The number of benzene rings is 1. The molecule has 1 N–H and O–H groups in total. The first-order chi connectivity index (χ1) is 11.1. The third kappa shape index (κ3) is 2.18. The lowest BCUT2D eigenvalue weighted by atomic mass is 9.76. The molecule has 0 unspecified atom stereocenters. The molecule has 0 bridgehead atoms. The third-order valence-corrected chi connectivity index (χ3v) is 4.89. The van der Waals surface area contributed by atoms with Crippen LogP contribution in [-0.4, -0.2) is 27.4 Å². The number of fused-ring (bicyclic) bond motifs is 2. The maximum Gasteiger partial charge on any atom is 0.181 e. The van der Waals surface area contributed by atoms with Gasteiger partial charge in [0, 0.05) is 17.5 Å². The molecule has 1 aliphatic carbocycles. The number of carbonyl (C=O) groups is 2. The van der Waals surface area contributed by atoms with Crippen LogP contribution < -0.4 is 5.32 Å². The molecule has 4 rings (SSSR count). The minimum atomic E-state index is -0.563. The predicted molar refractivity (Wildman–Crippen MR) is 87.4 cm³/mol. The molecule has 2 atom stereocenters. The number of hydrogen-bond donors (Lipinski definition) is 1. The molecule has 118 valence electrons. The molecule has 1 aliphatic heterocycles. The second kappa shape index (κ2) is 5.20. The van der Waals surface area contributed by atoms with Crippen molar-refractivity contribution >= 4 is 29.0 Å². The molecule has 0 radical (unpaired) electrons. The smallest absolute Gasteiger partial charge is 0.181 e. The quantitative estimate of drug-likeness (QED) is 0.816. The van der Waals surface area contributed by atoms with Crippen LogP contribution in [0.15, 0.2) is 24.3 Å². The average Bonchev–Trinajstić information content (AvgIpc) is 2.84. The van der Waals surface area contributed by atoms with Gasteiger partial charge in [-0.15, -0.1) is 0 Å². The normalized spacial score (nSPS) is 23.2.